The van der Waals surface area contributed by atoms with Crippen molar-refractivity contribution in [2.45, 2.75) is 31.3 Å². The van der Waals surface area contributed by atoms with Crippen molar-refractivity contribution >= 4 is 15.8 Å². The lowest BCUT2D eigenvalue weighted by molar-refractivity contribution is 0.224. The van der Waals surface area contributed by atoms with Gasteiger partial charge in [-0.3, -0.25) is 4.18 Å². The highest BCUT2D eigenvalue weighted by atomic mass is 32.2. The predicted octanol–water partition coefficient (Wildman–Crippen LogP) is 1.77. The molecule has 1 atom stereocenters. The Labute approximate surface area is 90.2 Å². The van der Waals surface area contributed by atoms with Gasteiger partial charge in [0.2, 0.25) is 0 Å². The summed E-state index contributed by atoms with van der Waals surface area (Å²) in [6, 6.07) is 6.07. The molecule has 0 amide bonds. The van der Waals surface area contributed by atoms with Gasteiger partial charge in [0.25, 0.3) is 10.1 Å². The lowest BCUT2D eigenvalue weighted by Gasteiger charge is -2.10. The number of hydrogen-bond acceptors (Lipinski definition) is 4. The number of nitrogens with two attached hydrogens (primary N) is 1. The quantitative estimate of drug-likeness (QED) is 0.631. The smallest absolute Gasteiger partial charge is 0.297 e. The van der Waals surface area contributed by atoms with E-state index in [1.54, 1.807) is 19.1 Å². The van der Waals surface area contributed by atoms with E-state index in [4.69, 9.17) is 9.92 Å². The minimum Gasteiger partial charge on any atom is -0.399 e. The van der Waals surface area contributed by atoms with E-state index in [0.29, 0.717) is 12.1 Å². The molecule has 4 nitrogen and oxygen atoms in total. The molecule has 0 aliphatic heterocycles. The summed E-state index contributed by atoms with van der Waals surface area (Å²) in [4.78, 5) is 0.0998. The molecule has 0 saturated heterocycles. The molecule has 15 heavy (non-hydrogen) atoms. The molecule has 0 spiro atoms. The average Bonchev–Trinajstić information content (AvgIpc) is 2.17. The third kappa shape index (κ3) is 3.21. The van der Waals surface area contributed by atoms with Gasteiger partial charge in [-0.2, -0.15) is 8.42 Å². The molecule has 0 radical (unpaired) electrons. The first-order chi connectivity index (χ1) is 6.95. The van der Waals surface area contributed by atoms with E-state index >= 15 is 0 Å². The van der Waals surface area contributed by atoms with Gasteiger partial charge in [0.1, 0.15) is 0 Å². The molecule has 0 unspecified atom stereocenters. The topological polar surface area (TPSA) is 69.4 Å². The first-order valence-corrected chi connectivity index (χ1v) is 6.15. The third-order valence-corrected chi connectivity index (χ3v) is 3.43. The second-order valence-corrected chi connectivity index (χ2v) is 4.91. The minimum atomic E-state index is -3.67. The summed E-state index contributed by atoms with van der Waals surface area (Å²) in [6.45, 7) is 3.57. The molecule has 1 aromatic carbocycles. The lowest BCUT2D eigenvalue weighted by Crippen LogP contribution is -2.14. The summed E-state index contributed by atoms with van der Waals surface area (Å²) in [5.74, 6) is 0. The molecule has 1 aromatic rings. The van der Waals surface area contributed by atoms with Crippen LogP contribution in [0.15, 0.2) is 29.2 Å². The number of benzene rings is 1. The molecule has 2 N–H and O–H groups in total. The second-order valence-electron chi connectivity index (χ2n) is 3.34. The maximum absolute atomic E-state index is 11.7. The van der Waals surface area contributed by atoms with Gasteiger partial charge in [-0.15, -0.1) is 0 Å². The van der Waals surface area contributed by atoms with Crippen molar-refractivity contribution in [1.29, 1.82) is 0 Å². The molecular weight excluding hydrogens is 214 g/mol. The summed E-state index contributed by atoms with van der Waals surface area (Å²) in [6.07, 6.45) is 0.318. The van der Waals surface area contributed by atoms with Crippen LogP contribution in [0, 0.1) is 0 Å². The van der Waals surface area contributed by atoms with Gasteiger partial charge >= 0.3 is 0 Å². The van der Waals surface area contributed by atoms with Gasteiger partial charge in [0.15, 0.2) is 0 Å². The zero-order chi connectivity index (χ0) is 11.5. The average molecular weight is 229 g/mol. The van der Waals surface area contributed by atoms with E-state index < -0.39 is 10.1 Å². The summed E-state index contributed by atoms with van der Waals surface area (Å²) < 4.78 is 28.3. The zero-order valence-corrected chi connectivity index (χ0v) is 9.62. The van der Waals surface area contributed by atoms with Crippen molar-refractivity contribution in [3.8, 4) is 0 Å². The molecule has 0 fully saturated rings. The van der Waals surface area contributed by atoms with Crippen LogP contribution in [0.5, 0.6) is 0 Å². The van der Waals surface area contributed by atoms with Crippen molar-refractivity contribution in [1.82, 2.24) is 0 Å². The Morgan fingerprint density at radius 1 is 1.47 bits per heavy atom. The summed E-state index contributed by atoms with van der Waals surface area (Å²) in [5, 5.41) is 0. The number of hydrogen-bond donors (Lipinski definition) is 1. The first-order valence-electron chi connectivity index (χ1n) is 4.74. The highest BCUT2D eigenvalue weighted by Gasteiger charge is 2.17. The van der Waals surface area contributed by atoms with Gasteiger partial charge in [0, 0.05) is 5.69 Å². The normalized spacial score (nSPS) is 13.7. The maximum Gasteiger partial charge on any atom is 0.297 e. The van der Waals surface area contributed by atoms with Crippen molar-refractivity contribution < 1.29 is 12.6 Å². The molecule has 0 aliphatic rings. The predicted molar refractivity (Wildman–Crippen MR) is 58.9 cm³/mol. The van der Waals surface area contributed by atoms with Crippen LogP contribution in [-0.4, -0.2) is 14.5 Å². The number of anilines is 1. The Bertz CT molecular complexity index is 428. The number of rotatable bonds is 4. The molecule has 1 rings (SSSR count). The van der Waals surface area contributed by atoms with Crippen molar-refractivity contribution in [3.63, 3.8) is 0 Å². The molecule has 0 aromatic heterocycles. The molecule has 84 valence electrons. The number of nitrogen functional groups attached to an aromatic ring is 1. The Morgan fingerprint density at radius 3 is 2.67 bits per heavy atom. The van der Waals surface area contributed by atoms with E-state index in [1.807, 2.05) is 6.92 Å². The monoisotopic (exact) mass is 229 g/mol. The molecule has 0 saturated carbocycles. The van der Waals surface area contributed by atoms with Gasteiger partial charge in [0.05, 0.1) is 11.0 Å². The highest BCUT2D eigenvalue weighted by molar-refractivity contribution is 7.86. The van der Waals surface area contributed by atoms with E-state index in [0.717, 1.165) is 0 Å². The van der Waals surface area contributed by atoms with Crippen molar-refractivity contribution in [3.05, 3.63) is 24.3 Å². The lowest BCUT2D eigenvalue weighted by atomic mass is 10.3. The zero-order valence-electron chi connectivity index (χ0n) is 8.80. The van der Waals surface area contributed by atoms with Crippen LogP contribution in [0.25, 0.3) is 0 Å². The van der Waals surface area contributed by atoms with E-state index in [1.165, 1.54) is 12.1 Å². The van der Waals surface area contributed by atoms with E-state index in [9.17, 15) is 8.42 Å². The third-order valence-electron chi connectivity index (χ3n) is 2.01. The van der Waals surface area contributed by atoms with Crippen LogP contribution in [-0.2, 0) is 14.3 Å². The molecule has 0 aliphatic carbocycles. The fourth-order valence-electron chi connectivity index (χ4n) is 1.01. The fourth-order valence-corrected chi connectivity index (χ4v) is 2.22. The van der Waals surface area contributed by atoms with Crippen LogP contribution in [0.1, 0.15) is 20.3 Å². The summed E-state index contributed by atoms with van der Waals surface area (Å²) in [5.41, 5.74) is 5.90. The van der Waals surface area contributed by atoms with Crippen LogP contribution in [0.3, 0.4) is 0 Å². The fraction of sp³-hybridized carbons (Fsp3) is 0.400. The van der Waals surface area contributed by atoms with E-state index in [-0.39, 0.29) is 11.0 Å². The molecule has 0 bridgehead atoms. The van der Waals surface area contributed by atoms with Crippen molar-refractivity contribution in [2.24, 2.45) is 0 Å². The standard InChI is InChI=1S/C10H15NO3S/c1-3-8(2)14-15(12,13)10-6-4-5-9(11)7-10/h4-8H,3,11H2,1-2H3/t8-/m0/s1. The van der Waals surface area contributed by atoms with Gasteiger partial charge < -0.3 is 5.73 Å². The maximum atomic E-state index is 11.7. The first kappa shape index (κ1) is 12.0. The van der Waals surface area contributed by atoms with Gasteiger partial charge in [-0.05, 0) is 31.5 Å². The molecule has 5 heteroatoms. The SMILES string of the molecule is CC[C@H](C)OS(=O)(=O)c1cccc(N)c1. The van der Waals surface area contributed by atoms with Gasteiger partial charge in [-0.1, -0.05) is 13.0 Å². The minimum absolute atomic E-state index is 0.0998. The van der Waals surface area contributed by atoms with Crippen LogP contribution in [0.4, 0.5) is 5.69 Å². The van der Waals surface area contributed by atoms with Crippen LogP contribution >= 0.6 is 0 Å². The molecule has 0 heterocycles. The second kappa shape index (κ2) is 4.63. The van der Waals surface area contributed by atoms with E-state index in [2.05, 4.69) is 0 Å². The summed E-state index contributed by atoms with van der Waals surface area (Å²) >= 11 is 0. The Hall–Kier alpha value is -1.07. The largest absolute Gasteiger partial charge is 0.399 e. The van der Waals surface area contributed by atoms with Crippen LogP contribution in [0.2, 0.25) is 0 Å². The summed E-state index contributed by atoms with van der Waals surface area (Å²) in [7, 11) is -3.67. The molecular formula is C10H15NO3S. The van der Waals surface area contributed by atoms with Crippen molar-refractivity contribution in [2.75, 3.05) is 5.73 Å². The Kier molecular flexibility index (Phi) is 3.71. The Balaban J connectivity index is 2.96. The Morgan fingerprint density at radius 2 is 2.13 bits per heavy atom. The van der Waals surface area contributed by atoms with Crippen LogP contribution < -0.4 is 5.73 Å². The van der Waals surface area contributed by atoms with Gasteiger partial charge in [-0.25, -0.2) is 0 Å². The highest BCUT2D eigenvalue weighted by Crippen LogP contribution is 2.17.